The van der Waals surface area contributed by atoms with Gasteiger partial charge in [0.1, 0.15) is 6.10 Å². The highest BCUT2D eigenvalue weighted by Gasteiger charge is 2.31. The van der Waals surface area contributed by atoms with Gasteiger partial charge in [-0.15, -0.1) is 11.3 Å². The molecule has 0 spiro atoms. The lowest BCUT2D eigenvalue weighted by atomic mass is 9.82. The molecular formula is C18H22O2S. The second-order valence-electron chi connectivity index (χ2n) is 5.78. The summed E-state index contributed by atoms with van der Waals surface area (Å²) in [5.41, 5.74) is 0.839. The van der Waals surface area contributed by atoms with Crippen LogP contribution in [0.2, 0.25) is 0 Å². The number of carbonyl (C=O) groups is 1. The van der Waals surface area contributed by atoms with E-state index < -0.39 is 0 Å². The van der Waals surface area contributed by atoms with E-state index in [1.54, 1.807) is 11.3 Å². The molecule has 0 aliphatic heterocycles. The average Bonchev–Trinajstić information content (AvgIpc) is 3.01. The number of thiophene rings is 1. The second-order valence-corrected chi connectivity index (χ2v) is 6.70. The molecule has 1 unspecified atom stereocenters. The molecule has 112 valence electrons. The average molecular weight is 302 g/mol. The molecule has 1 aliphatic rings. The lowest BCUT2D eigenvalue weighted by molar-refractivity contribution is 0.0128. The van der Waals surface area contributed by atoms with Crippen LogP contribution in [0.15, 0.2) is 29.6 Å². The van der Waals surface area contributed by atoms with Crippen molar-refractivity contribution in [3.63, 3.8) is 0 Å². The van der Waals surface area contributed by atoms with Gasteiger partial charge in [-0.25, -0.2) is 0 Å². The van der Waals surface area contributed by atoms with Gasteiger partial charge in [0.2, 0.25) is 0 Å². The highest BCUT2D eigenvalue weighted by molar-refractivity contribution is 7.17. The first-order valence-corrected chi connectivity index (χ1v) is 8.81. The van der Waals surface area contributed by atoms with Gasteiger partial charge in [-0.05, 0) is 48.6 Å². The number of rotatable bonds is 5. The zero-order chi connectivity index (χ0) is 14.7. The Morgan fingerprint density at radius 3 is 2.86 bits per heavy atom. The lowest BCUT2D eigenvalue weighted by Gasteiger charge is -2.29. The molecule has 1 aromatic heterocycles. The summed E-state index contributed by atoms with van der Waals surface area (Å²) in [6.07, 6.45) is 5.73. The van der Waals surface area contributed by atoms with Crippen molar-refractivity contribution in [3.8, 4) is 0 Å². The number of hydrogen-bond acceptors (Lipinski definition) is 3. The third-order valence-corrected chi connectivity index (χ3v) is 5.39. The van der Waals surface area contributed by atoms with Crippen molar-refractivity contribution >= 4 is 27.2 Å². The molecule has 1 aromatic carbocycles. The summed E-state index contributed by atoms with van der Waals surface area (Å²) < 4.78 is 6.98. The summed E-state index contributed by atoms with van der Waals surface area (Å²) >= 11 is 1.65. The molecule has 1 atom stereocenters. The number of ether oxygens (including phenoxy) is 1. The predicted molar refractivity (Wildman–Crippen MR) is 88.1 cm³/mol. The fraction of sp³-hybridized carbons (Fsp3) is 0.500. The van der Waals surface area contributed by atoms with Crippen LogP contribution < -0.4 is 0 Å². The number of fused-ring (bicyclic) bond motifs is 1. The summed E-state index contributed by atoms with van der Waals surface area (Å²) in [6.45, 7) is 2.59. The van der Waals surface area contributed by atoms with Crippen LogP contribution >= 0.6 is 11.3 Å². The monoisotopic (exact) mass is 302 g/mol. The first-order valence-electron chi connectivity index (χ1n) is 7.93. The normalized spacial score (nSPS) is 18.0. The third kappa shape index (κ3) is 3.04. The molecule has 0 radical (unpaired) electrons. The molecular weight excluding hydrogens is 280 g/mol. The van der Waals surface area contributed by atoms with Crippen molar-refractivity contribution in [2.45, 2.75) is 45.1 Å². The van der Waals surface area contributed by atoms with Crippen LogP contribution in [0.25, 0.3) is 10.1 Å². The number of benzene rings is 1. The van der Waals surface area contributed by atoms with Crippen LogP contribution in [0.1, 0.15) is 49.4 Å². The Morgan fingerprint density at radius 1 is 1.29 bits per heavy atom. The quantitative estimate of drug-likeness (QED) is 0.721. The SMILES string of the molecule is CCOC(C(=O)c1cccc2ccsc12)C1CCCCC1. The van der Waals surface area contributed by atoms with Gasteiger partial charge < -0.3 is 4.74 Å². The van der Waals surface area contributed by atoms with Crippen LogP contribution in [0.3, 0.4) is 0 Å². The van der Waals surface area contributed by atoms with Gasteiger partial charge >= 0.3 is 0 Å². The molecule has 1 fully saturated rings. The highest BCUT2D eigenvalue weighted by atomic mass is 32.1. The molecule has 0 bridgehead atoms. The van der Waals surface area contributed by atoms with Gasteiger partial charge in [-0.3, -0.25) is 4.79 Å². The number of hydrogen-bond donors (Lipinski definition) is 0. The van der Waals surface area contributed by atoms with E-state index in [1.807, 2.05) is 19.1 Å². The molecule has 1 saturated carbocycles. The summed E-state index contributed by atoms with van der Waals surface area (Å²) in [5.74, 6) is 0.568. The van der Waals surface area contributed by atoms with Gasteiger partial charge in [0.05, 0.1) is 0 Å². The summed E-state index contributed by atoms with van der Waals surface area (Å²) in [4.78, 5) is 13.0. The van der Waals surface area contributed by atoms with E-state index in [4.69, 9.17) is 4.74 Å². The molecule has 1 heterocycles. The first kappa shape index (κ1) is 14.7. The fourth-order valence-corrected chi connectivity index (χ4v) is 4.30. The Morgan fingerprint density at radius 2 is 2.10 bits per heavy atom. The maximum absolute atomic E-state index is 13.0. The smallest absolute Gasteiger partial charge is 0.193 e. The number of carbonyl (C=O) groups excluding carboxylic acids is 1. The zero-order valence-electron chi connectivity index (χ0n) is 12.5. The predicted octanol–water partition coefficient (Wildman–Crippen LogP) is 5.07. The van der Waals surface area contributed by atoms with Crippen molar-refractivity contribution in [1.82, 2.24) is 0 Å². The third-order valence-electron chi connectivity index (χ3n) is 4.43. The van der Waals surface area contributed by atoms with Gasteiger partial charge in [-0.1, -0.05) is 31.4 Å². The molecule has 2 nitrogen and oxygen atoms in total. The van der Waals surface area contributed by atoms with Crippen LogP contribution in [0.5, 0.6) is 0 Å². The number of Topliss-reactive ketones (excluding diaryl/α,β-unsaturated/α-hetero) is 1. The maximum Gasteiger partial charge on any atom is 0.193 e. The van der Waals surface area contributed by atoms with Crippen LogP contribution in [-0.4, -0.2) is 18.5 Å². The first-order chi connectivity index (χ1) is 10.3. The molecule has 0 amide bonds. The van der Waals surface area contributed by atoms with Crippen molar-refractivity contribution in [3.05, 3.63) is 35.2 Å². The van der Waals surface area contributed by atoms with E-state index in [2.05, 4.69) is 17.5 Å². The minimum absolute atomic E-state index is 0.178. The number of ketones is 1. The molecule has 2 aromatic rings. The molecule has 0 saturated heterocycles. The van der Waals surface area contributed by atoms with Gasteiger partial charge in [-0.2, -0.15) is 0 Å². The van der Waals surface area contributed by atoms with Crippen LogP contribution in [-0.2, 0) is 4.74 Å². The Bertz CT molecular complexity index is 610. The van der Waals surface area contributed by atoms with Gasteiger partial charge in [0.15, 0.2) is 5.78 Å². The summed E-state index contributed by atoms with van der Waals surface area (Å²) in [5, 5.41) is 3.21. The van der Waals surface area contributed by atoms with Crippen molar-refractivity contribution in [2.75, 3.05) is 6.61 Å². The van der Waals surface area contributed by atoms with E-state index in [0.29, 0.717) is 12.5 Å². The Kier molecular flexibility index (Phi) is 4.71. The fourth-order valence-electron chi connectivity index (χ4n) is 3.38. The standard InChI is InChI=1S/C18H22O2S/c1-2-20-17(13-7-4-3-5-8-13)16(19)15-10-6-9-14-11-12-21-18(14)15/h6,9-13,17H,2-5,7-8H2,1H3. The van der Waals surface area contributed by atoms with E-state index in [-0.39, 0.29) is 11.9 Å². The summed E-state index contributed by atoms with van der Waals surface area (Å²) in [6, 6.07) is 8.08. The summed E-state index contributed by atoms with van der Waals surface area (Å²) in [7, 11) is 0. The minimum Gasteiger partial charge on any atom is -0.370 e. The molecule has 0 N–H and O–H groups in total. The zero-order valence-corrected chi connectivity index (χ0v) is 13.3. The van der Waals surface area contributed by atoms with E-state index in [1.165, 1.54) is 19.3 Å². The van der Waals surface area contributed by atoms with E-state index in [0.717, 1.165) is 28.5 Å². The van der Waals surface area contributed by atoms with Crippen molar-refractivity contribution < 1.29 is 9.53 Å². The van der Waals surface area contributed by atoms with Crippen molar-refractivity contribution in [1.29, 1.82) is 0 Å². The molecule has 1 aliphatic carbocycles. The highest BCUT2D eigenvalue weighted by Crippen LogP contribution is 2.32. The molecule has 3 rings (SSSR count). The molecule has 21 heavy (non-hydrogen) atoms. The Labute approximate surface area is 130 Å². The second kappa shape index (κ2) is 6.71. The van der Waals surface area contributed by atoms with Crippen LogP contribution in [0.4, 0.5) is 0 Å². The minimum atomic E-state index is -0.261. The van der Waals surface area contributed by atoms with E-state index >= 15 is 0 Å². The Balaban J connectivity index is 1.91. The van der Waals surface area contributed by atoms with Gasteiger partial charge in [0, 0.05) is 16.9 Å². The van der Waals surface area contributed by atoms with Crippen molar-refractivity contribution in [2.24, 2.45) is 5.92 Å². The topological polar surface area (TPSA) is 26.3 Å². The van der Waals surface area contributed by atoms with Gasteiger partial charge in [0.25, 0.3) is 0 Å². The Hall–Kier alpha value is -1.19. The lowest BCUT2D eigenvalue weighted by Crippen LogP contribution is -2.34. The largest absolute Gasteiger partial charge is 0.370 e. The molecule has 3 heteroatoms. The van der Waals surface area contributed by atoms with E-state index in [9.17, 15) is 4.79 Å². The van der Waals surface area contributed by atoms with Crippen LogP contribution in [0, 0.1) is 5.92 Å². The maximum atomic E-state index is 13.0.